The van der Waals surface area contributed by atoms with Gasteiger partial charge in [0.1, 0.15) is 5.82 Å². The fraction of sp³-hybridized carbons (Fsp3) is 0. The van der Waals surface area contributed by atoms with Crippen molar-refractivity contribution >= 4 is 28.2 Å². The number of benzene rings is 2. The van der Waals surface area contributed by atoms with E-state index >= 15 is 0 Å². The minimum Gasteiger partial charge on any atom is -0.289 e. The third kappa shape index (κ3) is 2.92. The van der Waals surface area contributed by atoms with Gasteiger partial charge in [0.05, 0.1) is 17.3 Å². The van der Waals surface area contributed by atoms with E-state index in [9.17, 15) is 9.18 Å². The SMILES string of the molecule is N#Cc1cccc(C(=O)Nc2nc3scc(-c4ccc(F)cc4)n3n2)c1. The second-order valence-electron chi connectivity index (χ2n) is 5.40. The Labute approximate surface area is 151 Å². The fourth-order valence-electron chi connectivity index (χ4n) is 2.46. The van der Waals surface area contributed by atoms with Gasteiger partial charge in [-0.3, -0.25) is 10.1 Å². The molecule has 0 aliphatic carbocycles. The van der Waals surface area contributed by atoms with Crippen LogP contribution in [0.5, 0.6) is 0 Å². The number of hydrogen-bond donors (Lipinski definition) is 1. The van der Waals surface area contributed by atoms with Crippen LogP contribution < -0.4 is 5.32 Å². The van der Waals surface area contributed by atoms with Crippen LogP contribution in [-0.4, -0.2) is 20.5 Å². The van der Waals surface area contributed by atoms with Gasteiger partial charge in [-0.15, -0.1) is 16.4 Å². The molecule has 6 nitrogen and oxygen atoms in total. The van der Waals surface area contributed by atoms with Crippen LogP contribution in [0.3, 0.4) is 0 Å². The first-order valence-electron chi connectivity index (χ1n) is 7.56. The number of aromatic nitrogens is 3. The quantitative estimate of drug-likeness (QED) is 0.601. The lowest BCUT2D eigenvalue weighted by molar-refractivity contribution is 0.102. The summed E-state index contributed by atoms with van der Waals surface area (Å²) in [6.07, 6.45) is 0. The number of hydrogen-bond acceptors (Lipinski definition) is 5. The summed E-state index contributed by atoms with van der Waals surface area (Å²) in [4.78, 5) is 17.2. The van der Waals surface area contributed by atoms with Crippen molar-refractivity contribution in [2.75, 3.05) is 5.32 Å². The Balaban J connectivity index is 1.63. The van der Waals surface area contributed by atoms with Crippen molar-refractivity contribution in [3.8, 4) is 17.3 Å². The van der Waals surface area contributed by atoms with Gasteiger partial charge in [0, 0.05) is 16.5 Å². The van der Waals surface area contributed by atoms with Crippen molar-refractivity contribution < 1.29 is 9.18 Å². The van der Waals surface area contributed by atoms with Gasteiger partial charge in [-0.2, -0.15) is 10.2 Å². The molecular weight excluding hydrogens is 353 g/mol. The Kier molecular flexibility index (Phi) is 3.91. The molecule has 126 valence electrons. The maximum Gasteiger partial charge on any atom is 0.258 e. The van der Waals surface area contributed by atoms with Gasteiger partial charge < -0.3 is 0 Å². The molecule has 0 saturated heterocycles. The van der Waals surface area contributed by atoms with Crippen molar-refractivity contribution in [3.63, 3.8) is 0 Å². The minimum atomic E-state index is -0.399. The monoisotopic (exact) mass is 363 g/mol. The second kappa shape index (κ2) is 6.38. The molecule has 0 atom stereocenters. The van der Waals surface area contributed by atoms with E-state index in [0.717, 1.165) is 11.3 Å². The number of amides is 1. The molecule has 0 saturated carbocycles. The third-order valence-electron chi connectivity index (χ3n) is 3.70. The van der Waals surface area contributed by atoms with Crippen LogP contribution in [0.15, 0.2) is 53.9 Å². The van der Waals surface area contributed by atoms with E-state index in [0.29, 0.717) is 16.1 Å². The first-order valence-corrected chi connectivity index (χ1v) is 8.44. The van der Waals surface area contributed by atoms with Crippen molar-refractivity contribution in [2.24, 2.45) is 0 Å². The molecule has 0 bridgehead atoms. The minimum absolute atomic E-state index is 0.160. The highest BCUT2D eigenvalue weighted by Gasteiger charge is 2.14. The molecule has 4 aromatic rings. The van der Waals surface area contributed by atoms with Gasteiger partial charge in [-0.05, 0) is 42.5 Å². The van der Waals surface area contributed by atoms with Gasteiger partial charge in [0.25, 0.3) is 11.9 Å². The standard InChI is InChI=1S/C18H10FN5OS/c19-14-6-4-12(5-7-14)15-10-26-18-22-17(23-24(15)18)21-16(25)13-3-1-2-11(8-13)9-20/h1-8,10H,(H,21,23,25). The van der Waals surface area contributed by atoms with E-state index in [1.807, 2.05) is 11.4 Å². The van der Waals surface area contributed by atoms with E-state index in [-0.39, 0.29) is 11.8 Å². The van der Waals surface area contributed by atoms with Crippen LogP contribution in [0.2, 0.25) is 0 Å². The topological polar surface area (TPSA) is 83.1 Å². The summed E-state index contributed by atoms with van der Waals surface area (Å²) in [6.45, 7) is 0. The highest BCUT2D eigenvalue weighted by Crippen LogP contribution is 2.26. The molecule has 26 heavy (non-hydrogen) atoms. The molecule has 2 aromatic carbocycles. The maximum absolute atomic E-state index is 13.1. The number of nitrogens with zero attached hydrogens (tertiary/aromatic N) is 4. The van der Waals surface area contributed by atoms with Gasteiger partial charge in [0.15, 0.2) is 0 Å². The zero-order chi connectivity index (χ0) is 18.1. The van der Waals surface area contributed by atoms with Crippen LogP contribution >= 0.6 is 11.3 Å². The molecule has 0 spiro atoms. The lowest BCUT2D eigenvalue weighted by Crippen LogP contribution is -2.13. The molecule has 0 radical (unpaired) electrons. The number of halogens is 1. The van der Waals surface area contributed by atoms with Gasteiger partial charge >= 0.3 is 0 Å². The Morgan fingerprint density at radius 3 is 2.81 bits per heavy atom. The fourth-order valence-corrected chi connectivity index (χ4v) is 3.29. The first kappa shape index (κ1) is 15.9. The van der Waals surface area contributed by atoms with Crippen molar-refractivity contribution in [1.82, 2.24) is 14.6 Å². The molecule has 1 amide bonds. The van der Waals surface area contributed by atoms with Crippen LogP contribution in [0.4, 0.5) is 10.3 Å². The predicted octanol–water partition coefficient (Wildman–Crippen LogP) is 3.72. The van der Waals surface area contributed by atoms with Crippen molar-refractivity contribution in [1.29, 1.82) is 5.26 Å². The smallest absolute Gasteiger partial charge is 0.258 e. The lowest BCUT2D eigenvalue weighted by atomic mass is 10.1. The maximum atomic E-state index is 13.1. The van der Waals surface area contributed by atoms with Crippen LogP contribution in [0.25, 0.3) is 16.2 Å². The number of anilines is 1. The van der Waals surface area contributed by atoms with E-state index in [2.05, 4.69) is 15.4 Å². The summed E-state index contributed by atoms with van der Waals surface area (Å²) in [5.74, 6) is -0.553. The number of carbonyl (C=O) groups is 1. The highest BCUT2D eigenvalue weighted by molar-refractivity contribution is 7.15. The van der Waals surface area contributed by atoms with E-state index in [4.69, 9.17) is 5.26 Å². The summed E-state index contributed by atoms with van der Waals surface area (Å²) in [6, 6.07) is 14.4. The molecule has 0 unspecified atom stereocenters. The molecule has 1 N–H and O–H groups in total. The number of thiazole rings is 1. The average Bonchev–Trinajstić information content (AvgIpc) is 3.22. The zero-order valence-electron chi connectivity index (χ0n) is 13.2. The van der Waals surface area contributed by atoms with Crippen molar-refractivity contribution in [2.45, 2.75) is 0 Å². The summed E-state index contributed by atoms with van der Waals surface area (Å²) in [5, 5.41) is 17.7. The summed E-state index contributed by atoms with van der Waals surface area (Å²) < 4.78 is 14.7. The Bertz CT molecular complexity index is 1160. The average molecular weight is 363 g/mol. The number of nitriles is 1. The molecule has 0 fully saturated rings. The van der Waals surface area contributed by atoms with Crippen LogP contribution in [0, 0.1) is 17.1 Å². The van der Waals surface area contributed by atoms with E-state index in [1.54, 1.807) is 34.8 Å². The molecule has 0 aliphatic rings. The van der Waals surface area contributed by atoms with Crippen LogP contribution in [-0.2, 0) is 0 Å². The molecule has 4 rings (SSSR count). The Hall–Kier alpha value is -3.57. The van der Waals surface area contributed by atoms with Crippen LogP contribution in [0.1, 0.15) is 15.9 Å². The van der Waals surface area contributed by atoms with E-state index < -0.39 is 5.91 Å². The Morgan fingerprint density at radius 2 is 2.04 bits per heavy atom. The van der Waals surface area contributed by atoms with Gasteiger partial charge in [-0.25, -0.2) is 8.91 Å². The van der Waals surface area contributed by atoms with Gasteiger partial charge in [0.2, 0.25) is 4.96 Å². The molecule has 2 aromatic heterocycles. The molecule has 0 aliphatic heterocycles. The second-order valence-corrected chi connectivity index (χ2v) is 6.24. The third-order valence-corrected chi connectivity index (χ3v) is 4.52. The normalized spacial score (nSPS) is 10.6. The molecule has 8 heteroatoms. The lowest BCUT2D eigenvalue weighted by Gasteiger charge is -2.01. The van der Waals surface area contributed by atoms with Gasteiger partial charge in [-0.1, -0.05) is 6.07 Å². The highest BCUT2D eigenvalue weighted by atomic mass is 32.1. The zero-order valence-corrected chi connectivity index (χ0v) is 14.0. The summed E-state index contributed by atoms with van der Waals surface area (Å²) in [7, 11) is 0. The number of nitrogens with one attached hydrogen (secondary N) is 1. The Morgan fingerprint density at radius 1 is 1.23 bits per heavy atom. The first-order chi connectivity index (χ1) is 12.6. The molecule has 2 heterocycles. The molecular formula is C18H10FN5OS. The number of fused-ring (bicyclic) bond motifs is 1. The number of carbonyl (C=O) groups excluding carboxylic acids is 1. The largest absolute Gasteiger partial charge is 0.289 e. The summed E-state index contributed by atoms with van der Waals surface area (Å²) >= 11 is 1.36. The van der Waals surface area contributed by atoms with E-state index in [1.165, 1.54) is 29.5 Å². The predicted molar refractivity (Wildman–Crippen MR) is 95.4 cm³/mol. The number of rotatable bonds is 3. The summed E-state index contributed by atoms with van der Waals surface area (Å²) in [5.41, 5.74) is 2.29. The van der Waals surface area contributed by atoms with Crippen molar-refractivity contribution in [3.05, 3.63) is 70.9 Å².